The lowest BCUT2D eigenvalue weighted by Gasteiger charge is -2.30. The lowest BCUT2D eigenvalue weighted by molar-refractivity contribution is -0.130. The van der Waals surface area contributed by atoms with Crippen molar-refractivity contribution in [3.8, 4) is 0 Å². The van der Waals surface area contributed by atoms with Crippen LogP contribution in [0.3, 0.4) is 0 Å². The van der Waals surface area contributed by atoms with Gasteiger partial charge in [0.15, 0.2) is 0 Å². The highest BCUT2D eigenvalue weighted by Crippen LogP contribution is 2.24. The van der Waals surface area contributed by atoms with Crippen molar-refractivity contribution in [2.24, 2.45) is 5.92 Å². The van der Waals surface area contributed by atoms with Crippen LogP contribution in [-0.4, -0.2) is 34.9 Å². The summed E-state index contributed by atoms with van der Waals surface area (Å²) in [6.45, 7) is 8.49. The predicted molar refractivity (Wildman–Crippen MR) is 90.0 cm³/mol. The molecule has 1 aliphatic heterocycles. The molecule has 1 aromatic rings. The Balaban J connectivity index is 2.01. The van der Waals surface area contributed by atoms with Gasteiger partial charge in [-0.25, -0.2) is 0 Å². The molecule has 5 heteroatoms. The quantitative estimate of drug-likeness (QED) is 0.836. The van der Waals surface area contributed by atoms with Gasteiger partial charge >= 0.3 is 0 Å². The van der Waals surface area contributed by atoms with Gasteiger partial charge in [0.05, 0.1) is 6.61 Å². The topological polar surface area (TPSA) is 69.6 Å². The fourth-order valence-electron chi connectivity index (χ4n) is 2.93. The van der Waals surface area contributed by atoms with E-state index in [0.29, 0.717) is 25.9 Å². The second-order valence-corrected chi connectivity index (χ2v) is 6.04. The van der Waals surface area contributed by atoms with Crippen LogP contribution in [0.25, 0.3) is 0 Å². The molecule has 0 spiro atoms. The molecule has 0 saturated carbocycles. The fourth-order valence-corrected chi connectivity index (χ4v) is 2.93. The molecule has 1 aliphatic rings. The molecule has 0 aromatic heterocycles. The molecule has 1 fully saturated rings. The molecular weight excluding hydrogens is 292 g/mol. The van der Waals surface area contributed by atoms with Crippen LogP contribution in [0.1, 0.15) is 29.5 Å². The highest BCUT2D eigenvalue weighted by molar-refractivity contribution is 5.94. The van der Waals surface area contributed by atoms with Crippen molar-refractivity contribution in [3.63, 3.8) is 0 Å². The Hall–Kier alpha value is -2.14. The summed E-state index contributed by atoms with van der Waals surface area (Å²) < 4.78 is 0. The third kappa shape index (κ3) is 3.99. The van der Waals surface area contributed by atoms with Crippen molar-refractivity contribution in [2.45, 2.75) is 33.3 Å². The number of nitrogens with one attached hydrogen (secondary N) is 1. The number of hydrogen-bond acceptors (Lipinski definition) is 3. The SMILES string of the molecule is C=CC(=O)N1CCC(C(=O)Nc2cc(CO)c(C)cc2C)CC1. The van der Waals surface area contributed by atoms with E-state index in [1.807, 2.05) is 26.0 Å². The smallest absolute Gasteiger partial charge is 0.245 e. The van der Waals surface area contributed by atoms with E-state index in [1.165, 1.54) is 6.08 Å². The molecule has 2 rings (SSSR count). The first-order chi connectivity index (χ1) is 11.0. The number of aliphatic hydroxyl groups excluding tert-OH is 1. The standard InChI is InChI=1S/C18H24N2O3/c1-4-17(22)20-7-5-14(6-8-20)18(23)19-16-10-15(11-21)12(2)9-13(16)3/h4,9-10,14,21H,1,5-8,11H2,2-3H3,(H,19,23). The first-order valence-electron chi connectivity index (χ1n) is 7.89. The van der Waals surface area contributed by atoms with Crippen molar-refractivity contribution in [1.82, 2.24) is 4.90 Å². The molecule has 2 N–H and O–H groups in total. The van der Waals surface area contributed by atoms with E-state index in [1.54, 1.807) is 4.90 Å². The molecule has 0 aliphatic carbocycles. The molecular formula is C18H24N2O3. The van der Waals surface area contributed by atoms with Crippen LogP contribution < -0.4 is 5.32 Å². The van der Waals surface area contributed by atoms with Crippen molar-refractivity contribution < 1.29 is 14.7 Å². The van der Waals surface area contributed by atoms with Gasteiger partial charge in [-0.2, -0.15) is 0 Å². The van der Waals surface area contributed by atoms with Gasteiger partial charge in [0.2, 0.25) is 11.8 Å². The number of benzene rings is 1. The molecule has 0 unspecified atom stereocenters. The van der Waals surface area contributed by atoms with E-state index in [-0.39, 0.29) is 24.3 Å². The minimum atomic E-state index is -0.0952. The van der Waals surface area contributed by atoms with Gasteiger partial charge in [0, 0.05) is 24.7 Å². The number of anilines is 1. The van der Waals surface area contributed by atoms with E-state index in [2.05, 4.69) is 11.9 Å². The maximum Gasteiger partial charge on any atom is 0.245 e. The largest absolute Gasteiger partial charge is 0.392 e. The molecule has 5 nitrogen and oxygen atoms in total. The number of amides is 2. The first kappa shape index (κ1) is 17.2. The van der Waals surface area contributed by atoms with Gasteiger partial charge in [-0.15, -0.1) is 0 Å². The summed E-state index contributed by atoms with van der Waals surface area (Å²) in [5, 5.41) is 12.3. The summed E-state index contributed by atoms with van der Waals surface area (Å²) in [6.07, 6.45) is 2.62. The highest BCUT2D eigenvalue weighted by Gasteiger charge is 2.26. The molecule has 0 radical (unpaired) electrons. The molecule has 1 saturated heterocycles. The van der Waals surface area contributed by atoms with Crippen LogP contribution in [0, 0.1) is 19.8 Å². The van der Waals surface area contributed by atoms with Gasteiger partial charge in [-0.1, -0.05) is 12.6 Å². The molecule has 2 amide bonds. The Bertz CT molecular complexity index is 617. The number of aliphatic hydroxyl groups is 1. The highest BCUT2D eigenvalue weighted by atomic mass is 16.3. The summed E-state index contributed by atoms with van der Waals surface area (Å²) in [5.74, 6) is -0.195. The lowest BCUT2D eigenvalue weighted by Crippen LogP contribution is -2.40. The zero-order chi connectivity index (χ0) is 17.0. The zero-order valence-corrected chi connectivity index (χ0v) is 13.8. The Morgan fingerprint density at radius 2 is 1.96 bits per heavy atom. The molecule has 23 heavy (non-hydrogen) atoms. The van der Waals surface area contributed by atoms with Crippen LogP contribution in [-0.2, 0) is 16.2 Å². The lowest BCUT2D eigenvalue weighted by atomic mass is 9.95. The fraction of sp³-hybridized carbons (Fsp3) is 0.444. The van der Waals surface area contributed by atoms with Gasteiger partial charge in [-0.3, -0.25) is 9.59 Å². The Morgan fingerprint density at radius 1 is 1.30 bits per heavy atom. The number of carbonyl (C=O) groups excluding carboxylic acids is 2. The van der Waals surface area contributed by atoms with Crippen LogP contribution in [0.15, 0.2) is 24.8 Å². The number of nitrogens with zero attached hydrogens (tertiary/aromatic N) is 1. The molecule has 0 bridgehead atoms. The van der Waals surface area contributed by atoms with E-state index in [9.17, 15) is 14.7 Å². The van der Waals surface area contributed by atoms with Crippen molar-refractivity contribution in [1.29, 1.82) is 0 Å². The Labute approximate surface area is 137 Å². The van der Waals surface area contributed by atoms with E-state index in [4.69, 9.17) is 0 Å². The summed E-state index contributed by atoms with van der Waals surface area (Å²) in [4.78, 5) is 25.7. The average Bonchev–Trinajstić information content (AvgIpc) is 2.56. The maximum absolute atomic E-state index is 12.5. The van der Waals surface area contributed by atoms with Crippen LogP contribution in [0.2, 0.25) is 0 Å². The number of piperidine rings is 1. The number of likely N-dealkylation sites (tertiary alicyclic amines) is 1. The van der Waals surface area contributed by atoms with Gasteiger partial charge in [-0.05, 0) is 55.5 Å². The molecule has 124 valence electrons. The first-order valence-corrected chi connectivity index (χ1v) is 7.89. The minimum Gasteiger partial charge on any atom is -0.392 e. The third-order valence-corrected chi connectivity index (χ3v) is 4.46. The maximum atomic E-state index is 12.5. The normalized spacial score (nSPS) is 15.3. The Kier molecular flexibility index (Phi) is 5.55. The van der Waals surface area contributed by atoms with Crippen LogP contribution in [0.4, 0.5) is 5.69 Å². The second kappa shape index (κ2) is 7.42. The second-order valence-electron chi connectivity index (χ2n) is 6.04. The van der Waals surface area contributed by atoms with Crippen LogP contribution >= 0.6 is 0 Å². The molecule has 0 atom stereocenters. The number of hydrogen-bond donors (Lipinski definition) is 2. The number of carbonyl (C=O) groups is 2. The Morgan fingerprint density at radius 3 is 2.52 bits per heavy atom. The molecule has 1 aromatic carbocycles. The van der Waals surface area contributed by atoms with E-state index in [0.717, 1.165) is 22.4 Å². The summed E-state index contributed by atoms with van der Waals surface area (Å²) in [5.41, 5.74) is 3.55. The zero-order valence-electron chi connectivity index (χ0n) is 13.8. The van der Waals surface area contributed by atoms with Gasteiger partial charge in [0.1, 0.15) is 0 Å². The summed E-state index contributed by atoms with van der Waals surface area (Å²) in [7, 11) is 0. The minimum absolute atomic E-state index is 0.0217. The van der Waals surface area contributed by atoms with Crippen LogP contribution in [0.5, 0.6) is 0 Å². The number of aryl methyl sites for hydroxylation is 2. The summed E-state index contributed by atoms with van der Waals surface area (Å²) >= 11 is 0. The van der Waals surface area contributed by atoms with Crippen molar-refractivity contribution >= 4 is 17.5 Å². The van der Waals surface area contributed by atoms with E-state index >= 15 is 0 Å². The van der Waals surface area contributed by atoms with Crippen molar-refractivity contribution in [3.05, 3.63) is 41.5 Å². The third-order valence-electron chi connectivity index (χ3n) is 4.46. The summed E-state index contributed by atoms with van der Waals surface area (Å²) in [6, 6.07) is 3.80. The van der Waals surface area contributed by atoms with Gasteiger partial charge < -0.3 is 15.3 Å². The van der Waals surface area contributed by atoms with Crippen molar-refractivity contribution in [2.75, 3.05) is 18.4 Å². The monoisotopic (exact) mass is 316 g/mol. The number of rotatable bonds is 4. The average molecular weight is 316 g/mol. The van der Waals surface area contributed by atoms with Gasteiger partial charge in [0.25, 0.3) is 0 Å². The predicted octanol–water partition coefficient (Wildman–Crippen LogP) is 2.16. The van der Waals surface area contributed by atoms with E-state index < -0.39 is 0 Å². The molecule has 1 heterocycles.